The van der Waals surface area contributed by atoms with E-state index in [4.69, 9.17) is 4.98 Å². The summed E-state index contributed by atoms with van der Waals surface area (Å²) in [7, 11) is 0. The Morgan fingerprint density at radius 3 is 2.47 bits per heavy atom. The number of benzene rings is 2. The lowest BCUT2D eigenvalue weighted by Crippen LogP contribution is -2.14. The number of nitrogens with one attached hydrogen (secondary N) is 1. The molecule has 0 bridgehead atoms. The Kier molecular flexibility index (Phi) is 7.36. The molecule has 0 saturated heterocycles. The van der Waals surface area contributed by atoms with Crippen molar-refractivity contribution in [2.24, 2.45) is 0 Å². The second-order valence-electron chi connectivity index (χ2n) is 7.89. The molecule has 0 aliphatic rings. The van der Waals surface area contributed by atoms with Crippen molar-refractivity contribution < 1.29 is 4.79 Å². The first-order valence-corrected chi connectivity index (χ1v) is 12.0. The first-order valence-electron chi connectivity index (χ1n) is 11.0. The van der Waals surface area contributed by atoms with Crippen molar-refractivity contribution in [1.29, 1.82) is 5.26 Å². The number of nitrogens with zero attached hydrogens (tertiary/aromatic N) is 3. The minimum Gasteiger partial charge on any atom is -0.310 e. The molecule has 168 valence electrons. The average Bonchev–Trinajstić information content (AvgIpc) is 2.86. The molecule has 6 heteroatoms. The number of hydrogen-bond donors (Lipinski definition) is 1. The van der Waals surface area contributed by atoms with Gasteiger partial charge >= 0.3 is 0 Å². The van der Waals surface area contributed by atoms with Gasteiger partial charge in [-0.25, -0.2) is 9.97 Å². The van der Waals surface area contributed by atoms with Crippen LogP contribution < -0.4 is 5.32 Å². The van der Waals surface area contributed by atoms with E-state index in [-0.39, 0.29) is 12.3 Å². The van der Waals surface area contributed by atoms with E-state index in [1.807, 2.05) is 86.6 Å². The van der Waals surface area contributed by atoms with Gasteiger partial charge in [0, 0.05) is 29.5 Å². The molecule has 2 aromatic carbocycles. The van der Waals surface area contributed by atoms with Gasteiger partial charge in [-0.2, -0.15) is 5.26 Å². The third kappa shape index (κ3) is 5.51. The number of carbonyl (C=O) groups excluding carboxylic acids is 1. The van der Waals surface area contributed by atoms with Crippen molar-refractivity contribution in [1.82, 2.24) is 9.97 Å². The molecule has 0 saturated carbocycles. The molecule has 4 rings (SSSR count). The zero-order valence-electron chi connectivity index (χ0n) is 19.1. The van der Waals surface area contributed by atoms with Crippen molar-refractivity contribution in [3.63, 3.8) is 0 Å². The van der Waals surface area contributed by atoms with Crippen LogP contribution in [0.5, 0.6) is 0 Å². The molecule has 0 unspecified atom stereocenters. The Morgan fingerprint density at radius 1 is 1.00 bits per heavy atom. The third-order valence-corrected chi connectivity index (χ3v) is 6.34. The molecule has 2 aromatic heterocycles. The highest BCUT2D eigenvalue weighted by Gasteiger charge is 2.16. The first-order chi connectivity index (χ1) is 16.5. The molecular weight excluding hydrogens is 440 g/mol. The first kappa shape index (κ1) is 23.2. The molecule has 2 heterocycles. The lowest BCUT2D eigenvalue weighted by atomic mass is 9.98. The number of amides is 1. The molecule has 0 atom stereocenters. The second-order valence-corrected chi connectivity index (χ2v) is 8.98. The highest BCUT2D eigenvalue weighted by molar-refractivity contribution is 7.99. The number of thioether (sulfide) groups is 1. The predicted molar refractivity (Wildman–Crippen MR) is 138 cm³/mol. The maximum absolute atomic E-state index is 12.5. The summed E-state index contributed by atoms with van der Waals surface area (Å²) in [6.45, 7) is 3.94. The van der Waals surface area contributed by atoms with E-state index < -0.39 is 0 Å². The standard InChI is InChI=1S/C28H24N4OS/c1-19-10-12-21(13-11-19)23-17-25(22-8-4-3-5-9-22)31-28(24(23)18-29)34-16-14-26(33)32-27-20(2)7-6-15-30-27/h3-13,15,17H,14,16H2,1-2H3,(H,30,32,33). The minimum atomic E-state index is -0.120. The van der Waals surface area contributed by atoms with E-state index in [2.05, 4.69) is 16.4 Å². The summed E-state index contributed by atoms with van der Waals surface area (Å²) >= 11 is 1.42. The number of nitriles is 1. The summed E-state index contributed by atoms with van der Waals surface area (Å²) in [6, 6.07) is 26.1. The summed E-state index contributed by atoms with van der Waals surface area (Å²) in [5, 5.41) is 13.5. The van der Waals surface area contributed by atoms with Crippen LogP contribution in [0.3, 0.4) is 0 Å². The van der Waals surface area contributed by atoms with Crippen molar-refractivity contribution in [3.8, 4) is 28.5 Å². The highest BCUT2D eigenvalue weighted by Crippen LogP contribution is 2.34. The molecule has 0 radical (unpaired) electrons. The largest absolute Gasteiger partial charge is 0.310 e. The molecule has 0 fully saturated rings. The number of anilines is 1. The van der Waals surface area contributed by atoms with Crippen molar-refractivity contribution >= 4 is 23.5 Å². The number of aryl methyl sites for hydroxylation is 2. The summed E-state index contributed by atoms with van der Waals surface area (Å²) in [6.07, 6.45) is 1.94. The summed E-state index contributed by atoms with van der Waals surface area (Å²) < 4.78 is 0. The second kappa shape index (κ2) is 10.8. The molecule has 1 amide bonds. The van der Waals surface area contributed by atoms with E-state index in [0.29, 0.717) is 22.2 Å². The summed E-state index contributed by atoms with van der Waals surface area (Å²) in [4.78, 5) is 21.5. The van der Waals surface area contributed by atoms with Crippen molar-refractivity contribution in [2.45, 2.75) is 25.3 Å². The van der Waals surface area contributed by atoms with E-state index in [1.165, 1.54) is 11.8 Å². The highest BCUT2D eigenvalue weighted by atomic mass is 32.2. The Labute approximate surface area is 203 Å². The van der Waals surface area contributed by atoms with Gasteiger partial charge in [0.05, 0.1) is 11.3 Å². The van der Waals surface area contributed by atoms with Crippen molar-refractivity contribution in [2.75, 3.05) is 11.1 Å². The van der Waals surface area contributed by atoms with Gasteiger partial charge in [-0.15, -0.1) is 11.8 Å². The molecule has 5 nitrogen and oxygen atoms in total. The van der Waals surface area contributed by atoms with Crippen LogP contribution in [0.1, 0.15) is 23.1 Å². The van der Waals surface area contributed by atoms with Gasteiger partial charge in [0.25, 0.3) is 0 Å². The van der Waals surface area contributed by atoms with Crippen LogP contribution >= 0.6 is 11.8 Å². The lowest BCUT2D eigenvalue weighted by Gasteiger charge is -2.13. The van der Waals surface area contributed by atoms with Gasteiger partial charge < -0.3 is 5.32 Å². The van der Waals surface area contributed by atoms with Gasteiger partial charge in [-0.3, -0.25) is 4.79 Å². The zero-order valence-corrected chi connectivity index (χ0v) is 19.9. The molecule has 34 heavy (non-hydrogen) atoms. The average molecular weight is 465 g/mol. The Bertz CT molecular complexity index is 1350. The zero-order chi connectivity index (χ0) is 23.9. The predicted octanol–water partition coefficient (Wildman–Crippen LogP) is 6.42. The SMILES string of the molecule is Cc1ccc(-c2cc(-c3ccccc3)nc(SCCC(=O)Nc3ncccc3C)c2C#N)cc1. The van der Waals surface area contributed by atoms with Crippen LogP contribution in [-0.2, 0) is 4.79 Å². The molecule has 4 aromatic rings. The lowest BCUT2D eigenvalue weighted by molar-refractivity contribution is -0.115. The fraction of sp³-hybridized carbons (Fsp3) is 0.143. The van der Waals surface area contributed by atoms with Crippen LogP contribution in [0, 0.1) is 25.2 Å². The Balaban J connectivity index is 1.61. The van der Waals surface area contributed by atoms with Gasteiger partial charge in [0.15, 0.2) is 0 Å². The van der Waals surface area contributed by atoms with Gasteiger partial charge in [-0.1, -0.05) is 66.2 Å². The quantitative estimate of drug-likeness (QED) is 0.319. The number of aromatic nitrogens is 2. The van der Waals surface area contributed by atoms with E-state index in [1.54, 1.807) is 6.20 Å². The smallest absolute Gasteiger partial charge is 0.226 e. The maximum atomic E-state index is 12.5. The summed E-state index contributed by atoms with van der Waals surface area (Å²) in [5.74, 6) is 0.942. The van der Waals surface area contributed by atoms with Gasteiger partial charge in [0.2, 0.25) is 5.91 Å². The number of carbonyl (C=O) groups is 1. The van der Waals surface area contributed by atoms with Crippen LogP contribution in [-0.4, -0.2) is 21.6 Å². The molecule has 1 N–H and O–H groups in total. The molecule has 0 aliphatic heterocycles. The molecule has 0 spiro atoms. The monoisotopic (exact) mass is 464 g/mol. The topological polar surface area (TPSA) is 78.7 Å². The van der Waals surface area contributed by atoms with Crippen LogP contribution in [0.15, 0.2) is 84.0 Å². The van der Waals surface area contributed by atoms with E-state index in [9.17, 15) is 10.1 Å². The normalized spacial score (nSPS) is 10.5. The van der Waals surface area contributed by atoms with Crippen molar-refractivity contribution in [3.05, 3.63) is 95.7 Å². The number of hydrogen-bond acceptors (Lipinski definition) is 5. The van der Waals surface area contributed by atoms with Crippen LogP contribution in [0.25, 0.3) is 22.4 Å². The maximum Gasteiger partial charge on any atom is 0.226 e. The summed E-state index contributed by atoms with van der Waals surface area (Å²) in [5.41, 5.74) is 6.17. The van der Waals surface area contributed by atoms with Crippen LogP contribution in [0.2, 0.25) is 0 Å². The Hall–Kier alpha value is -3.95. The van der Waals surface area contributed by atoms with Gasteiger partial charge in [0.1, 0.15) is 16.9 Å². The fourth-order valence-electron chi connectivity index (χ4n) is 3.50. The van der Waals surface area contributed by atoms with E-state index in [0.717, 1.165) is 33.5 Å². The van der Waals surface area contributed by atoms with Crippen LogP contribution in [0.4, 0.5) is 5.82 Å². The number of pyridine rings is 2. The molecular formula is C28H24N4OS. The fourth-order valence-corrected chi connectivity index (χ4v) is 4.45. The van der Waals surface area contributed by atoms with Gasteiger partial charge in [-0.05, 0) is 37.1 Å². The van der Waals surface area contributed by atoms with E-state index >= 15 is 0 Å². The Morgan fingerprint density at radius 2 is 1.76 bits per heavy atom. The third-order valence-electron chi connectivity index (χ3n) is 5.37. The minimum absolute atomic E-state index is 0.120. The molecule has 0 aliphatic carbocycles. The number of rotatable bonds is 7.